The lowest BCUT2D eigenvalue weighted by atomic mass is 10.2. The van der Waals surface area contributed by atoms with E-state index in [1.165, 1.54) is 0 Å². The van der Waals surface area contributed by atoms with Crippen LogP contribution in [0.25, 0.3) is 15.9 Å². The number of carbonyl (C=O) groups is 1. The standard InChI is InChI=1S/C20H17N5OS/c26-19(22-14-2-3-14)13-1-8-17-18(11-13)27-20(24-17)23-15-4-6-16(7-5-15)25-10-9-21-12-25/h1,4-12,14H,2-3H2,(H,22,26)(H,23,24). The number of benzene rings is 2. The van der Waals surface area contributed by atoms with Crippen LogP contribution in [0.2, 0.25) is 0 Å². The summed E-state index contributed by atoms with van der Waals surface area (Å²) in [5.41, 5.74) is 3.59. The van der Waals surface area contributed by atoms with Gasteiger partial charge in [0.1, 0.15) is 0 Å². The normalized spacial score (nSPS) is 13.6. The zero-order valence-corrected chi connectivity index (χ0v) is 15.2. The van der Waals surface area contributed by atoms with Crippen molar-refractivity contribution in [2.45, 2.75) is 18.9 Å². The van der Waals surface area contributed by atoms with E-state index in [4.69, 9.17) is 0 Å². The maximum atomic E-state index is 12.2. The second-order valence-corrected chi connectivity index (χ2v) is 7.62. The summed E-state index contributed by atoms with van der Waals surface area (Å²) in [5.74, 6) is -0.00241. The van der Waals surface area contributed by atoms with Crippen molar-refractivity contribution in [3.05, 3.63) is 66.7 Å². The fourth-order valence-corrected chi connectivity index (χ4v) is 3.79. The fourth-order valence-electron chi connectivity index (χ4n) is 2.87. The second kappa shape index (κ2) is 6.51. The van der Waals surface area contributed by atoms with Crippen molar-refractivity contribution in [1.82, 2.24) is 19.9 Å². The maximum Gasteiger partial charge on any atom is 0.251 e. The molecule has 0 bridgehead atoms. The lowest BCUT2D eigenvalue weighted by molar-refractivity contribution is 0.0951. The van der Waals surface area contributed by atoms with Gasteiger partial charge in [-0.1, -0.05) is 11.3 Å². The Morgan fingerprint density at radius 3 is 2.74 bits per heavy atom. The van der Waals surface area contributed by atoms with Crippen LogP contribution < -0.4 is 10.6 Å². The van der Waals surface area contributed by atoms with E-state index >= 15 is 0 Å². The van der Waals surface area contributed by atoms with Gasteiger partial charge in [0.15, 0.2) is 5.13 Å². The average Bonchev–Trinajstić information content (AvgIpc) is 3.18. The van der Waals surface area contributed by atoms with E-state index in [1.807, 2.05) is 53.2 Å². The Hall–Kier alpha value is -3.19. The van der Waals surface area contributed by atoms with Gasteiger partial charge >= 0.3 is 0 Å². The van der Waals surface area contributed by atoms with E-state index in [-0.39, 0.29) is 5.91 Å². The molecule has 0 atom stereocenters. The number of hydrogen-bond donors (Lipinski definition) is 2. The lowest BCUT2D eigenvalue weighted by Crippen LogP contribution is -2.25. The quantitative estimate of drug-likeness (QED) is 0.550. The van der Waals surface area contributed by atoms with Crippen LogP contribution in [0.5, 0.6) is 0 Å². The summed E-state index contributed by atoms with van der Waals surface area (Å²) in [7, 11) is 0. The Balaban J connectivity index is 1.34. The van der Waals surface area contributed by atoms with E-state index in [2.05, 4.69) is 20.6 Å². The Bertz CT molecular complexity index is 1100. The smallest absolute Gasteiger partial charge is 0.251 e. The third-order valence-corrected chi connectivity index (χ3v) is 5.42. The molecule has 0 radical (unpaired) electrons. The van der Waals surface area contributed by atoms with Gasteiger partial charge < -0.3 is 15.2 Å². The van der Waals surface area contributed by atoms with E-state index in [0.29, 0.717) is 11.6 Å². The predicted octanol–water partition coefficient (Wildman–Crippen LogP) is 4.12. The van der Waals surface area contributed by atoms with Crippen molar-refractivity contribution in [3.63, 3.8) is 0 Å². The monoisotopic (exact) mass is 375 g/mol. The van der Waals surface area contributed by atoms with Gasteiger partial charge in [-0.15, -0.1) is 0 Å². The molecule has 2 aromatic carbocycles. The number of aromatic nitrogens is 3. The SMILES string of the molecule is O=C(NC1CC1)c1ccc2nc(Nc3ccc(-n4ccnc4)cc3)sc2c1. The van der Waals surface area contributed by atoms with Crippen LogP contribution >= 0.6 is 11.3 Å². The highest BCUT2D eigenvalue weighted by Crippen LogP contribution is 2.29. The van der Waals surface area contributed by atoms with E-state index in [1.54, 1.807) is 23.9 Å². The summed E-state index contributed by atoms with van der Waals surface area (Å²) >= 11 is 1.54. The molecule has 1 aliphatic rings. The highest BCUT2D eigenvalue weighted by atomic mass is 32.1. The Morgan fingerprint density at radius 1 is 1.15 bits per heavy atom. The number of rotatable bonds is 5. The molecule has 0 unspecified atom stereocenters. The number of amides is 1. The largest absolute Gasteiger partial charge is 0.349 e. The predicted molar refractivity (Wildman–Crippen MR) is 107 cm³/mol. The molecule has 0 spiro atoms. The molecule has 0 saturated heterocycles. The van der Waals surface area contributed by atoms with Gasteiger partial charge in [-0.25, -0.2) is 9.97 Å². The number of imidazole rings is 1. The molecule has 1 amide bonds. The van der Waals surface area contributed by atoms with Crippen molar-refractivity contribution in [2.24, 2.45) is 0 Å². The van der Waals surface area contributed by atoms with Crippen molar-refractivity contribution in [2.75, 3.05) is 5.32 Å². The Kier molecular flexibility index (Phi) is 3.86. The molecular weight excluding hydrogens is 358 g/mol. The molecule has 6 nitrogen and oxygen atoms in total. The van der Waals surface area contributed by atoms with Gasteiger partial charge in [-0.05, 0) is 55.3 Å². The van der Waals surface area contributed by atoms with Crippen LogP contribution in [-0.2, 0) is 0 Å². The molecule has 2 heterocycles. The van der Waals surface area contributed by atoms with Crippen LogP contribution in [0.1, 0.15) is 23.2 Å². The summed E-state index contributed by atoms with van der Waals surface area (Å²) in [5, 5.41) is 7.17. The van der Waals surface area contributed by atoms with Crippen molar-refractivity contribution in [1.29, 1.82) is 0 Å². The first-order chi connectivity index (χ1) is 13.2. The van der Waals surface area contributed by atoms with E-state index in [9.17, 15) is 4.79 Å². The molecule has 2 aromatic heterocycles. The summed E-state index contributed by atoms with van der Waals surface area (Å²) in [6.07, 6.45) is 7.61. The van der Waals surface area contributed by atoms with Gasteiger partial charge in [0.2, 0.25) is 0 Å². The molecule has 2 N–H and O–H groups in total. The molecule has 1 saturated carbocycles. The molecule has 5 rings (SSSR count). The number of hydrogen-bond acceptors (Lipinski definition) is 5. The first kappa shape index (κ1) is 16.0. The minimum atomic E-state index is -0.00241. The molecule has 0 aliphatic heterocycles. The first-order valence-electron chi connectivity index (χ1n) is 8.81. The highest BCUT2D eigenvalue weighted by molar-refractivity contribution is 7.22. The first-order valence-corrected chi connectivity index (χ1v) is 9.63. The number of fused-ring (bicyclic) bond motifs is 1. The Labute approximate surface area is 159 Å². The Morgan fingerprint density at radius 2 is 2.00 bits per heavy atom. The minimum absolute atomic E-state index is 0.00241. The van der Waals surface area contributed by atoms with Gasteiger partial charge in [0.05, 0.1) is 16.5 Å². The van der Waals surface area contributed by atoms with Gasteiger partial charge in [-0.3, -0.25) is 4.79 Å². The molecular formula is C20H17N5OS. The maximum absolute atomic E-state index is 12.2. The molecule has 1 fully saturated rings. The summed E-state index contributed by atoms with van der Waals surface area (Å²) in [4.78, 5) is 20.9. The topological polar surface area (TPSA) is 71.8 Å². The zero-order valence-electron chi connectivity index (χ0n) is 14.4. The number of nitrogens with one attached hydrogen (secondary N) is 2. The number of carbonyl (C=O) groups excluding carboxylic acids is 1. The van der Waals surface area contributed by atoms with Crippen molar-refractivity contribution in [3.8, 4) is 5.69 Å². The molecule has 134 valence electrons. The number of nitrogens with zero attached hydrogens (tertiary/aromatic N) is 3. The molecule has 4 aromatic rings. The molecule has 1 aliphatic carbocycles. The van der Waals surface area contributed by atoms with E-state index < -0.39 is 0 Å². The van der Waals surface area contributed by atoms with Crippen LogP contribution in [0, 0.1) is 0 Å². The minimum Gasteiger partial charge on any atom is -0.349 e. The third kappa shape index (κ3) is 3.41. The van der Waals surface area contributed by atoms with Crippen molar-refractivity contribution >= 4 is 38.3 Å². The summed E-state index contributed by atoms with van der Waals surface area (Å²) in [6, 6.07) is 14.1. The molecule has 27 heavy (non-hydrogen) atoms. The summed E-state index contributed by atoms with van der Waals surface area (Å²) < 4.78 is 2.95. The lowest BCUT2D eigenvalue weighted by Gasteiger charge is -2.05. The van der Waals surface area contributed by atoms with E-state index in [0.717, 1.165) is 39.6 Å². The van der Waals surface area contributed by atoms with Gasteiger partial charge in [0.25, 0.3) is 5.91 Å². The fraction of sp³-hybridized carbons (Fsp3) is 0.150. The average molecular weight is 375 g/mol. The zero-order chi connectivity index (χ0) is 18.2. The number of thiazole rings is 1. The second-order valence-electron chi connectivity index (χ2n) is 6.59. The van der Waals surface area contributed by atoms with Crippen LogP contribution in [0.3, 0.4) is 0 Å². The van der Waals surface area contributed by atoms with Gasteiger partial charge in [-0.2, -0.15) is 0 Å². The molecule has 7 heteroatoms. The third-order valence-electron chi connectivity index (χ3n) is 4.48. The summed E-state index contributed by atoms with van der Waals surface area (Å²) in [6.45, 7) is 0. The number of anilines is 2. The highest BCUT2D eigenvalue weighted by Gasteiger charge is 2.24. The van der Waals surface area contributed by atoms with Gasteiger partial charge in [0, 0.05) is 35.4 Å². The van der Waals surface area contributed by atoms with Crippen LogP contribution in [-0.4, -0.2) is 26.5 Å². The van der Waals surface area contributed by atoms with Crippen LogP contribution in [0.4, 0.5) is 10.8 Å². The van der Waals surface area contributed by atoms with Crippen molar-refractivity contribution < 1.29 is 4.79 Å². The van der Waals surface area contributed by atoms with Crippen LogP contribution in [0.15, 0.2) is 61.2 Å².